The van der Waals surface area contributed by atoms with Crippen LogP contribution in [0.1, 0.15) is 139 Å². The quantitative estimate of drug-likeness (QED) is 0.0878. The molecule has 330 valence electrons. The highest BCUT2D eigenvalue weighted by molar-refractivity contribution is 5.80. The van der Waals surface area contributed by atoms with E-state index in [0.717, 1.165) is 33.4 Å². The molecule has 0 fully saturated rings. The minimum atomic E-state index is -1.88. The summed E-state index contributed by atoms with van der Waals surface area (Å²) in [4.78, 5) is 53.7. The summed E-state index contributed by atoms with van der Waals surface area (Å²) in [5, 5.41) is 32.0. The normalized spacial score (nSPS) is 12.2. The molecule has 0 bridgehead atoms. The Bertz CT molecular complexity index is 1810. The maximum absolute atomic E-state index is 13.8. The smallest absolute Gasteiger partial charge is 0.322 e. The van der Waals surface area contributed by atoms with Gasteiger partial charge >= 0.3 is 23.9 Å². The van der Waals surface area contributed by atoms with E-state index < -0.39 is 49.1 Å². The molecule has 0 saturated heterocycles. The molecular formula is C49H68O11. The zero-order valence-corrected chi connectivity index (χ0v) is 38.1. The van der Waals surface area contributed by atoms with Crippen LogP contribution in [0.5, 0.6) is 17.2 Å². The van der Waals surface area contributed by atoms with Gasteiger partial charge in [-0.15, -0.1) is 0 Å². The predicted octanol–water partition coefficient (Wildman–Crippen LogP) is 9.00. The number of aryl methyl sites for hydroxylation is 6. The average molecular weight is 833 g/mol. The number of rotatable bonds is 17. The van der Waals surface area contributed by atoms with Gasteiger partial charge in [-0.2, -0.15) is 0 Å². The molecule has 11 nitrogen and oxygen atoms in total. The molecule has 3 aromatic carbocycles. The third-order valence-electron chi connectivity index (χ3n) is 10.6. The van der Waals surface area contributed by atoms with Crippen LogP contribution in [0.15, 0.2) is 36.4 Å². The lowest BCUT2D eigenvalue weighted by atomic mass is 9.83. The van der Waals surface area contributed by atoms with Crippen molar-refractivity contribution in [3.63, 3.8) is 0 Å². The van der Waals surface area contributed by atoms with E-state index in [1.54, 1.807) is 27.7 Å². The van der Waals surface area contributed by atoms with E-state index >= 15 is 0 Å². The Balaban J connectivity index is 1.84. The topological polar surface area (TPSA) is 166 Å². The lowest BCUT2D eigenvalue weighted by molar-refractivity contribution is -0.179. The van der Waals surface area contributed by atoms with Crippen molar-refractivity contribution in [3.05, 3.63) is 86.5 Å². The lowest BCUT2D eigenvalue weighted by Gasteiger charge is -2.30. The van der Waals surface area contributed by atoms with Crippen LogP contribution in [0.3, 0.4) is 0 Å². The second kappa shape index (κ2) is 20.0. The first-order valence-corrected chi connectivity index (χ1v) is 20.8. The van der Waals surface area contributed by atoms with E-state index in [1.165, 1.54) is 0 Å². The summed E-state index contributed by atoms with van der Waals surface area (Å²) in [5.74, 6) is -2.17. The van der Waals surface area contributed by atoms with E-state index in [1.807, 2.05) is 98.7 Å². The van der Waals surface area contributed by atoms with Crippen LogP contribution in [-0.2, 0) is 73.6 Å². The second-order valence-electron chi connectivity index (χ2n) is 19.2. The summed E-state index contributed by atoms with van der Waals surface area (Å²) in [7, 11) is 0. The molecule has 0 aliphatic carbocycles. The largest absolute Gasteiger partial charge is 0.507 e. The fourth-order valence-corrected chi connectivity index (χ4v) is 6.91. The highest BCUT2D eigenvalue weighted by atomic mass is 16.6. The first-order valence-electron chi connectivity index (χ1n) is 20.8. The number of benzene rings is 3. The number of carbonyl (C=O) groups excluding carboxylic acids is 4. The van der Waals surface area contributed by atoms with E-state index in [9.17, 15) is 34.5 Å². The summed E-state index contributed by atoms with van der Waals surface area (Å²) in [5.41, 5.74) is 3.87. The van der Waals surface area contributed by atoms with Gasteiger partial charge in [0.1, 0.15) is 37.1 Å². The zero-order valence-electron chi connectivity index (χ0n) is 38.1. The molecule has 0 atom stereocenters. The van der Waals surface area contributed by atoms with E-state index in [-0.39, 0.29) is 59.4 Å². The minimum Gasteiger partial charge on any atom is -0.507 e. The number of phenolic OH excluding ortho intramolecular Hbond substituents is 3. The van der Waals surface area contributed by atoms with Gasteiger partial charge in [-0.05, 0) is 113 Å². The van der Waals surface area contributed by atoms with Crippen molar-refractivity contribution in [1.29, 1.82) is 0 Å². The fourth-order valence-electron chi connectivity index (χ4n) is 6.91. The van der Waals surface area contributed by atoms with Crippen LogP contribution in [0.25, 0.3) is 0 Å². The molecule has 0 spiro atoms. The molecule has 0 aromatic heterocycles. The van der Waals surface area contributed by atoms with Gasteiger partial charge in [-0.25, -0.2) is 0 Å². The molecule has 3 rings (SSSR count). The maximum Gasteiger partial charge on any atom is 0.322 e. The van der Waals surface area contributed by atoms with Crippen molar-refractivity contribution in [1.82, 2.24) is 0 Å². The van der Waals surface area contributed by atoms with Gasteiger partial charge in [0.15, 0.2) is 5.41 Å². The van der Waals surface area contributed by atoms with Gasteiger partial charge in [0.05, 0.1) is 6.61 Å². The standard InChI is InChI=1S/C49H68O11/c1-14-57-45(56)49(27-58-39(50)18-15-33-21-30(2)42(53)36(24-33)46(5,6)7,28-59-40(51)19-16-34-22-31(3)43(54)37(25-34)47(8,9)10)29-60-41(52)20-17-35-23-32(4)44(55)38(26-35)48(11,12)13/h21-26,53-55H,14-20,27-29H2,1-13H3. The maximum atomic E-state index is 13.8. The highest BCUT2D eigenvalue weighted by Gasteiger charge is 2.45. The van der Waals surface area contributed by atoms with Gasteiger partial charge in [-0.1, -0.05) is 98.7 Å². The van der Waals surface area contributed by atoms with Crippen molar-refractivity contribution < 1.29 is 53.4 Å². The van der Waals surface area contributed by atoms with Crippen LogP contribution in [0.4, 0.5) is 0 Å². The molecule has 3 aromatic rings. The number of phenols is 3. The van der Waals surface area contributed by atoms with E-state index in [0.29, 0.717) is 36.0 Å². The summed E-state index contributed by atoms with van der Waals surface area (Å²) < 4.78 is 22.5. The van der Waals surface area contributed by atoms with Crippen LogP contribution in [0.2, 0.25) is 0 Å². The molecule has 0 amide bonds. The van der Waals surface area contributed by atoms with Gasteiger partial charge in [-0.3, -0.25) is 19.2 Å². The molecule has 0 unspecified atom stereocenters. The molecular weight excluding hydrogens is 765 g/mol. The number of hydrogen-bond acceptors (Lipinski definition) is 11. The van der Waals surface area contributed by atoms with Crippen LogP contribution in [0, 0.1) is 26.2 Å². The summed E-state index contributed by atoms with van der Waals surface area (Å²) in [6.07, 6.45) is 0.703. The number of hydrogen-bond donors (Lipinski definition) is 3. The van der Waals surface area contributed by atoms with Crippen LogP contribution in [-0.4, -0.2) is 65.6 Å². The van der Waals surface area contributed by atoms with Gasteiger partial charge in [0, 0.05) is 19.3 Å². The van der Waals surface area contributed by atoms with E-state index in [4.69, 9.17) is 18.9 Å². The Morgan fingerprint density at radius 1 is 0.467 bits per heavy atom. The summed E-state index contributed by atoms with van der Waals surface area (Å²) in [6, 6.07) is 11.0. The van der Waals surface area contributed by atoms with E-state index in [2.05, 4.69) is 0 Å². The van der Waals surface area contributed by atoms with Crippen molar-refractivity contribution in [3.8, 4) is 17.2 Å². The van der Waals surface area contributed by atoms with Crippen molar-refractivity contribution in [2.24, 2.45) is 5.41 Å². The van der Waals surface area contributed by atoms with Gasteiger partial charge in [0.2, 0.25) is 0 Å². The number of esters is 4. The molecule has 0 radical (unpaired) electrons. The average Bonchev–Trinajstić information content (AvgIpc) is 3.14. The molecule has 3 N–H and O–H groups in total. The number of aromatic hydroxyl groups is 3. The Labute approximate surface area is 356 Å². The Morgan fingerprint density at radius 2 is 0.733 bits per heavy atom. The Hall–Kier alpha value is -5.06. The van der Waals surface area contributed by atoms with Crippen molar-refractivity contribution >= 4 is 23.9 Å². The third-order valence-corrected chi connectivity index (χ3v) is 10.6. The SMILES string of the molecule is CCOC(=O)C(COC(=O)CCc1cc(C)c(O)c(C(C)(C)C)c1)(COC(=O)CCc1cc(C)c(O)c(C(C)(C)C)c1)COC(=O)CCc1cc(C)c(O)c(C(C)(C)C)c1. The predicted molar refractivity (Wildman–Crippen MR) is 232 cm³/mol. The Morgan fingerprint density at radius 3 is 0.967 bits per heavy atom. The lowest BCUT2D eigenvalue weighted by Crippen LogP contribution is -2.47. The monoisotopic (exact) mass is 832 g/mol. The first-order chi connectivity index (χ1) is 27.7. The second-order valence-corrected chi connectivity index (χ2v) is 19.2. The third kappa shape index (κ3) is 13.5. The van der Waals surface area contributed by atoms with Crippen molar-refractivity contribution in [2.45, 2.75) is 145 Å². The molecule has 60 heavy (non-hydrogen) atoms. The van der Waals surface area contributed by atoms with Crippen molar-refractivity contribution in [2.75, 3.05) is 26.4 Å². The zero-order chi connectivity index (χ0) is 45.4. The van der Waals surface area contributed by atoms with Gasteiger partial charge in [0.25, 0.3) is 0 Å². The van der Waals surface area contributed by atoms with Gasteiger partial charge < -0.3 is 34.3 Å². The summed E-state index contributed by atoms with van der Waals surface area (Å²) in [6.45, 7) is 23.1. The highest BCUT2D eigenvalue weighted by Crippen LogP contribution is 2.37. The van der Waals surface area contributed by atoms with Crippen LogP contribution >= 0.6 is 0 Å². The fraction of sp³-hybridized carbons (Fsp3) is 0.551. The van der Waals surface area contributed by atoms with Crippen LogP contribution < -0.4 is 0 Å². The molecule has 0 aliphatic heterocycles. The Kier molecular flexibility index (Phi) is 16.4. The first kappa shape index (κ1) is 49.3. The molecule has 0 aliphatic rings. The molecule has 0 heterocycles. The number of carbonyl (C=O) groups is 4. The molecule has 11 heteroatoms. The minimum absolute atomic E-state index is 0.0423. The molecule has 0 saturated carbocycles. The summed E-state index contributed by atoms with van der Waals surface area (Å²) >= 11 is 0. The number of ether oxygens (including phenoxy) is 4.